The standard InChI is InChI=1S/C18H29F3N2O4/c1-10(2)8-12(23-16(26)18(19,20)21)14(24)22-13(9-11(3)4)15(25)27-17(5,6)7/h10,12-13H,3,8-9H2,1-2,4-7H3,(H,22,24)(H,23,26)/t12-,13+/m0/s1. The van der Waals surface area contributed by atoms with Crippen LogP contribution in [0, 0.1) is 5.92 Å². The van der Waals surface area contributed by atoms with E-state index in [0.29, 0.717) is 5.57 Å². The summed E-state index contributed by atoms with van der Waals surface area (Å²) in [4.78, 5) is 36.0. The van der Waals surface area contributed by atoms with Crippen molar-refractivity contribution >= 4 is 17.8 Å². The molecular formula is C18H29F3N2O4. The molecule has 0 aliphatic carbocycles. The number of carbonyl (C=O) groups is 3. The second-order valence-corrected chi connectivity index (χ2v) is 7.91. The average molecular weight is 394 g/mol. The molecule has 0 rings (SSSR count). The molecule has 27 heavy (non-hydrogen) atoms. The van der Waals surface area contributed by atoms with Gasteiger partial charge in [0.25, 0.3) is 0 Å². The summed E-state index contributed by atoms with van der Waals surface area (Å²) in [6.45, 7) is 13.6. The number of amides is 2. The van der Waals surface area contributed by atoms with Gasteiger partial charge in [0.15, 0.2) is 0 Å². The number of hydrogen-bond acceptors (Lipinski definition) is 4. The van der Waals surface area contributed by atoms with E-state index >= 15 is 0 Å². The highest BCUT2D eigenvalue weighted by molar-refractivity contribution is 5.92. The summed E-state index contributed by atoms with van der Waals surface area (Å²) < 4.78 is 42.8. The van der Waals surface area contributed by atoms with Crippen LogP contribution in [0.1, 0.15) is 54.4 Å². The van der Waals surface area contributed by atoms with Crippen LogP contribution in [0.4, 0.5) is 13.2 Å². The van der Waals surface area contributed by atoms with E-state index in [0.717, 1.165) is 0 Å². The second kappa shape index (κ2) is 9.75. The number of halogens is 3. The smallest absolute Gasteiger partial charge is 0.458 e. The lowest BCUT2D eigenvalue weighted by molar-refractivity contribution is -0.175. The van der Waals surface area contributed by atoms with Crippen LogP contribution >= 0.6 is 0 Å². The normalized spacial score (nSPS) is 14.3. The van der Waals surface area contributed by atoms with E-state index < -0.39 is 41.6 Å². The lowest BCUT2D eigenvalue weighted by atomic mass is 10.0. The lowest BCUT2D eigenvalue weighted by Crippen LogP contribution is -2.54. The highest BCUT2D eigenvalue weighted by Gasteiger charge is 2.41. The van der Waals surface area contributed by atoms with Crippen molar-refractivity contribution in [3.8, 4) is 0 Å². The van der Waals surface area contributed by atoms with Gasteiger partial charge < -0.3 is 15.4 Å². The average Bonchev–Trinajstić information content (AvgIpc) is 2.41. The predicted octanol–water partition coefficient (Wildman–Crippen LogP) is 2.87. The first-order valence-corrected chi connectivity index (χ1v) is 8.58. The number of rotatable bonds is 8. The first-order valence-electron chi connectivity index (χ1n) is 8.58. The minimum Gasteiger partial charge on any atom is -0.458 e. The Kier molecular flexibility index (Phi) is 9.01. The molecule has 0 aromatic rings. The SMILES string of the molecule is C=C(C)C[C@@H](NC(=O)[C@H](CC(C)C)NC(=O)C(F)(F)F)C(=O)OC(C)(C)C. The van der Waals surface area contributed by atoms with Crippen LogP contribution < -0.4 is 10.6 Å². The van der Waals surface area contributed by atoms with E-state index in [1.54, 1.807) is 46.9 Å². The maximum Gasteiger partial charge on any atom is 0.471 e. The molecule has 6 nitrogen and oxygen atoms in total. The van der Waals surface area contributed by atoms with Gasteiger partial charge in [-0.25, -0.2) is 4.79 Å². The molecule has 2 amide bonds. The summed E-state index contributed by atoms with van der Waals surface area (Å²) in [5, 5.41) is 4.06. The van der Waals surface area contributed by atoms with E-state index in [-0.39, 0.29) is 18.8 Å². The molecule has 0 aromatic heterocycles. The second-order valence-electron chi connectivity index (χ2n) is 7.91. The van der Waals surface area contributed by atoms with E-state index in [1.807, 2.05) is 0 Å². The summed E-state index contributed by atoms with van der Waals surface area (Å²) >= 11 is 0. The van der Waals surface area contributed by atoms with E-state index in [1.165, 1.54) is 0 Å². The van der Waals surface area contributed by atoms with Crippen molar-refractivity contribution in [2.75, 3.05) is 0 Å². The maximum atomic E-state index is 12.5. The fraction of sp³-hybridized carbons (Fsp3) is 0.722. The summed E-state index contributed by atoms with van der Waals surface area (Å²) in [6.07, 6.45) is -5.08. The molecule has 2 N–H and O–H groups in total. The number of carbonyl (C=O) groups excluding carboxylic acids is 3. The van der Waals surface area contributed by atoms with Gasteiger partial charge in [-0.05, 0) is 46.5 Å². The van der Waals surface area contributed by atoms with Crippen LogP contribution in [0.2, 0.25) is 0 Å². The Morgan fingerprint density at radius 2 is 1.56 bits per heavy atom. The third-order valence-corrected chi connectivity index (χ3v) is 3.15. The molecule has 0 unspecified atom stereocenters. The van der Waals surface area contributed by atoms with Gasteiger partial charge in [0, 0.05) is 0 Å². The Hall–Kier alpha value is -2.06. The number of hydrogen-bond donors (Lipinski definition) is 2. The largest absolute Gasteiger partial charge is 0.471 e. The van der Waals surface area contributed by atoms with Crippen molar-refractivity contribution in [2.24, 2.45) is 5.92 Å². The molecule has 2 atom stereocenters. The molecule has 0 aromatic carbocycles. The van der Waals surface area contributed by atoms with Crippen LogP contribution in [0.5, 0.6) is 0 Å². The van der Waals surface area contributed by atoms with Crippen molar-refractivity contribution in [1.29, 1.82) is 0 Å². The summed E-state index contributed by atoms with van der Waals surface area (Å²) in [5.74, 6) is -4.00. The third kappa shape index (κ3) is 10.6. The van der Waals surface area contributed by atoms with Crippen molar-refractivity contribution in [2.45, 2.75) is 78.2 Å². The van der Waals surface area contributed by atoms with Crippen LogP contribution in [-0.2, 0) is 19.1 Å². The van der Waals surface area contributed by atoms with Gasteiger partial charge in [-0.2, -0.15) is 13.2 Å². The van der Waals surface area contributed by atoms with Gasteiger partial charge in [-0.1, -0.05) is 19.4 Å². The molecule has 0 saturated heterocycles. The topological polar surface area (TPSA) is 84.5 Å². The van der Waals surface area contributed by atoms with Gasteiger partial charge in [-0.15, -0.1) is 6.58 Å². The predicted molar refractivity (Wildman–Crippen MR) is 94.6 cm³/mol. The molecule has 9 heteroatoms. The fourth-order valence-electron chi connectivity index (χ4n) is 2.13. The van der Waals surface area contributed by atoms with Crippen LogP contribution in [-0.4, -0.2) is 41.6 Å². The molecule has 0 aliphatic heterocycles. The van der Waals surface area contributed by atoms with Crippen molar-refractivity contribution in [3.63, 3.8) is 0 Å². The first-order chi connectivity index (χ1) is 12.0. The molecule has 0 saturated carbocycles. The minimum atomic E-state index is -5.11. The molecule has 0 bridgehead atoms. The molecule has 0 radical (unpaired) electrons. The first kappa shape index (κ1) is 24.9. The maximum absolute atomic E-state index is 12.5. The fourth-order valence-corrected chi connectivity index (χ4v) is 2.13. The molecule has 156 valence electrons. The van der Waals surface area contributed by atoms with Gasteiger partial charge in [-0.3, -0.25) is 9.59 Å². The lowest BCUT2D eigenvalue weighted by Gasteiger charge is -2.27. The van der Waals surface area contributed by atoms with Crippen molar-refractivity contribution in [1.82, 2.24) is 10.6 Å². The Bertz CT molecular complexity index is 566. The van der Waals surface area contributed by atoms with Gasteiger partial charge in [0.2, 0.25) is 5.91 Å². The zero-order valence-electron chi connectivity index (χ0n) is 16.6. The summed E-state index contributed by atoms with van der Waals surface area (Å²) in [5.41, 5.74) is -0.234. The third-order valence-electron chi connectivity index (χ3n) is 3.15. The Labute approximate surface area is 157 Å². The van der Waals surface area contributed by atoms with Crippen molar-refractivity contribution in [3.05, 3.63) is 12.2 Å². The van der Waals surface area contributed by atoms with E-state index in [2.05, 4.69) is 11.9 Å². The van der Waals surface area contributed by atoms with E-state index in [4.69, 9.17) is 4.74 Å². The highest BCUT2D eigenvalue weighted by atomic mass is 19.4. The zero-order valence-corrected chi connectivity index (χ0v) is 16.6. The van der Waals surface area contributed by atoms with Gasteiger partial charge in [0.1, 0.15) is 17.7 Å². The molecule has 0 fully saturated rings. The number of alkyl halides is 3. The minimum absolute atomic E-state index is 0.0260. The summed E-state index contributed by atoms with van der Waals surface area (Å²) in [6, 6.07) is -2.55. The Balaban J connectivity index is 5.37. The Morgan fingerprint density at radius 3 is 1.93 bits per heavy atom. The molecular weight excluding hydrogens is 365 g/mol. The monoisotopic (exact) mass is 394 g/mol. The number of esters is 1. The van der Waals surface area contributed by atoms with Gasteiger partial charge >= 0.3 is 18.1 Å². The number of nitrogens with one attached hydrogen (secondary N) is 2. The number of ether oxygens (including phenoxy) is 1. The molecule has 0 aliphatic rings. The van der Waals surface area contributed by atoms with Gasteiger partial charge in [0.05, 0.1) is 0 Å². The molecule has 0 heterocycles. The van der Waals surface area contributed by atoms with Crippen molar-refractivity contribution < 1.29 is 32.3 Å². The van der Waals surface area contributed by atoms with Crippen LogP contribution in [0.25, 0.3) is 0 Å². The molecule has 0 spiro atoms. The zero-order chi connectivity index (χ0) is 21.6. The van der Waals surface area contributed by atoms with E-state index in [9.17, 15) is 27.6 Å². The van der Waals surface area contributed by atoms with Crippen LogP contribution in [0.15, 0.2) is 12.2 Å². The highest BCUT2D eigenvalue weighted by Crippen LogP contribution is 2.17. The Morgan fingerprint density at radius 1 is 1.04 bits per heavy atom. The summed E-state index contributed by atoms with van der Waals surface area (Å²) in [7, 11) is 0. The van der Waals surface area contributed by atoms with Crippen LogP contribution in [0.3, 0.4) is 0 Å². The quantitative estimate of drug-likeness (QED) is 0.490.